The standard InChI is InChI=1S/C21H41N7O2/c1-2-3-12-23-19-26-20(24-13-15-30-17-16-29-14-11-22)28-21(27-19)25-18-9-7-5-4-6-8-10-18/h18H,2-17,22H2,1H3,(H3,23,24,25,26,27,28). The van der Waals surface area contributed by atoms with Crippen LogP contribution in [-0.2, 0) is 9.47 Å². The fourth-order valence-electron chi connectivity index (χ4n) is 3.40. The molecule has 0 aromatic carbocycles. The summed E-state index contributed by atoms with van der Waals surface area (Å²) in [4.78, 5) is 13.7. The van der Waals surface area contributed by atoms with Gasteiger partial charge in [0.15, 0.2) is 0 Å². The van der Waals surface area contributed by atoms with E-state index in [4.69, 9.17) is 15.2 Å². The van der Waals surface area contributed by atoms with Crippen LogP contribution < -0.4 is 21.7 Å². The number of nitrogens with zero attached hydrogens (tertiary/aromatic N) is 3. The molecule has 1 saturated carbocycles. The minimum atomic E-state index is 0.431. The van der Waals surface area contributed by atoms with Crippen molar-refractivity contribution in [2.24, 2.45) is 5.73 Å². The molecule has 5 N–H and O–H groups in total. The molecule has 30 heavy (non-hydrogen) atoms. The highest BCUT2D eigenvalue weighted by Crippen LogP contribution is 2.20. The van der Waals surface area contributed by atoms with E-state index in [1.807, 2.05) is 0 Å². The van der Waals surface area contributed by atoms with Gasteiger partial charge in [0, 0.05) is 25.7 Å². The minimum absolute atomic E-state index is 0.431. The first kappa shape index (κ1) is 24.6. The average Bonchev–Trinajstić information content (AvgIpc) is 2.72. The van der Waals surface area contributed by atoms with Crippen LogP contribution in [0.5, 0.6) is 0 Å². The summed E-state index contributed by atoms with van der Waals surface area (Å²) in [5.41, 5.74) is 5.39. The van der Waals surface area contributed by atoms with E-state index >= 15 is 0 Å². The summed E-state index contributed by atoms with van der Waals surface area (Å²) >= 11 is 0. The quantitative estimate of drug-likeness (QED) is 0.316. The van der Waals surface area contributed by atoms with E-state index in [0.717, 1.165) is 19.4 Å². The predicted molar refractivity (Wildman–Crippen MR) is 122 cm³/mol. The first-order valence-corrected chi connectivity index (χ1v) is 11.7. The van der Waals surface area contributed by atoms with E-state index in [0.29, 0.717) is 63.4 Å². The van der Waals surface area contributed by atoms with Crippen molar-refractivity contribution in [3.63, 3.8) is 0 Å². The molecule has 0 unspecified atom stereocenters. The summed E-state index contributed by atoms with van der Waals surface area (Å²) < 4.78 is 10.9. The van der Waals surface area contributed by atoms with Crippen molar-refractivity contribution < 1.29 is 9.47 Å². The molecular formula is C21H41N7O2. The van der Waals surface area contributed by atoms with E-state index in [2.05, 4.69) is 37.8 Å². The van der Waals surface area contributed by atoms with Crippen LogP contribution in [0.15, 0.2) is 0 Å². The van der Waals surface area contributed by atoms with Gasteiger partial charge in [-0.25, -0.2) is 0 Å². The Labute approximate surface area is 181 Å². The molecule has 1 aromatic rings. The number of nitrogens with one attached hydrogen (secondary N) is 3. The summed E-state index contributed by atoms with van der Waals surface area (Å²) in [6.07, 6.45) is 11.1. The molecule has 0 aliphatic heterocycles. The SMILES string of the molecule is CCCCNc1nc(NCCOCCOCCN)nc(NC2CCCCCCC2)n1. The van der Waals surface area contributed by atoms with Crippen molar-refractivity contribution in [1.82, 2.24) is 15.0 Å². The molecule has 0 saturated heterocycles. The van der Waals surface area contributed by atoms with Crippen LogP contribution in [0.25, 0.3) is 0 Å². The molecule has 1 aromatic heterocycles. The first-order valence-electron chi connectivity index (χ1n) is 11.7. The highest BCUT2D eigenvalue weighted by atomic mass is 16.5. The smallest absolute Gasteiger partial charge is 0.229 e. The zero-order chi connectivity index (χ0) is 21.3. The highest BCUT2D eigenvalue weighted by Gasteiger charge is 2.14. The molecule has 1 aliphatic carbocycles. The van der Waals surface area contributed by atoms with Gasteiger partial charge in [0.05, 0.1) is 26.4 Å². The number of unbranched alkanes of at least 4 members (excludes halogenated alkanes) is 1. The molecule has 1 heterocycles. The van der Waals surface area contributed by atoms with Gasteiger partial charge in [-0.15, -0.1) is 0 Å². The highest BCUT2D eigenvalue weighted by molar-refractivity contribution is 5.42. The number of anilines is 3. The van der Waals surface area contributed by atoms with Crippen LogP contribution in [-0.4, -0.2) is 67.1 Å². The van der Waals surface area contributed by atoms with Gasteiger partial charge >= 0.3 is 0 Å². The molecule has 1 aliphatic rings. The van der Waals surface area contributed by atoms with Gasteiger partial charge in [-0.05, 0) is 19.3 Å². The lowest BCUT2D eigenvalue weighted by molar-refractivity contribution is 0.0547. The molecule has 0 spiro atoms. The van der Waals surface area contributed by atoms with Crippen LogP contribution in [0.3, 0.4) is 0 Å². The molecule has 9 nitrogen and oxygen atoms in total. The summed E-state index contributed by atoms with van der Waals surface area (Å²) in [5.74, 6) is 1.83. The largest absolute Gasteiger partial charge is 0.378 e. The maximum Gasteiger partial charge on any atom is 0.229 e. The lowest BCUT2D eigenvalue weighted by Crippen LogP contribution is -2.23. The van der Waals surface area contributed by atoms with Gasteiger partial charge in [0.25, 0.3) is 0 Å². The van der Waals surface area contributed by atoms with Crippen LogP contribution >= 0.6 is 0 Å². The first-order chi connectivity index (χ1) is 14.8. The zero-order valence-electron chi connectivity index (χ0n) is 18.6. The topological polar surface area (TPSA) is 119 Å². The minimum Gasteiger partial charge on any atom is -0.378 e. The lowest BCUT2D eigenvalue weighted by atomic mass is 9.97. The molecule has 9 heteroatoms. The summed E-state index contributed by atoms with van der Waals surface area (Å²) in [6.45, 7) is 6.42. The van der Waals surface area contributed by atoms with Crippen molar-refractivity contribution >= 4 is 17.8 Å². The van der Waals surface area contributed by atoms with Crippen LogP contribution in [0.2, 0.25) is 0 Å². The maximum absolute atomic E-state index is 5.56. The summed E-state index contributed by atoms with van der Waals surface area (Å²) in [6, 6.07) is 0.431. The number of hydrogen-bond acceptors (Lipinski definition) is 9. The second-order valence-electron chi connectivity index (χ2n) is 7.71. The van der Waals surface area contributed by atoms with Crippen molar-refractivity contribution in [3.8, 4) is 0 Å². The van der Waals surface area contributed by atoms with E-state index in [9.17, 15) is 0 Å². The fraction of sp³-hybridized carbons (Fsp3) is 0.857. The molecule has 1 fully saturated rings. The molecule has 0 radical (unpaired) electrons. The Hall–Kier alpha value is -1.71. The number of hydrogen-bond donors (Lipinski definition) is 4. The number of aromatic nitrogens is 3. The third kappa shape index (κ3) is 10.9. The van der Waals surface area contributed by atoms with Gasteiger partial charge < -0.3 is 31.2 Å². The third-order valence-electron chi connectivity index (χ3n) is 5.05. The lowest BCUT2D eigenvalue weighted by Gasteiger charge is -2.21. The Morgan fingerprint density at radius 1 is 0.800 bits per heavy atom. The van der Waals surface area contributed by atoms with E-state index < -0.39 is 0 Å². The van der Waals surface area contributed by atoms with Crippen molar-refractivity contribution in [2.75, 3.05) is 62.0 Å². The van der Waals surface area contributed by atoms with Gasteiger partial charge in [-0.2, -0.15) is 15.0 Å². The Morgan fingerprint density at radius 3 is 2.07 bits per heavy atom. The number of ether oxygens (including phenoxy) is 2. The van der Waals surface area contributed by atoms with Crippen LogP contribution in [0.1, 0.15) is 64.7 Å². The monoisotopic (exact) mass is 423 g/mol. The van der Waals surface area contributed by atoms with Crippen molar-refractivity contribution in [2.45, 2.75) is 70.8 Å². The third-order valence-corrected chi connectivity index (χ3v) is 5.05. The van der Waals surface area contributed by atoms with Gasteiger partial charge in [-0.3, -0.25) is 0 Å². The summed E-state index contributed by atoms with van der Waals surface area (Å²) in [5, 5.41) is 10.1. The Morgan fingerprint density at radius 2 is 1.40 bits per heavy atom. The van der Waals surface area contributed by atoms with Crippen molar-refractivity contribution in [3.05, 3.63) is 0 Å². The zero-order valence-corrected chi connectivity index (χ0v) is 18.6. The van der Waals surface area contributed by atoms with E-state index in [1.165, 1.54) is 44.9 Å². The van der Waals surface area contributed by atoms with E-state index in [1.54, 1.807) is 0 Å². The summed E-state index contributed by atoms with van der Waals surface area (Å²) in [7, 11) is 0. The molecule has 0 amide bonds. The molecule has 0 bridgehead atoms. The van der Waals surface area contributed by atoms with Crippen molar-refractivity contribution in [1.29, 1.82) is 0 Å². The molecular weight excluding hydrogens is 382 g/mol. The second kappa shape index (κ2) is 16.0. The Kier molecular flexibility index (Phi) is 13.1. The Bertz CT molecular complexity index is 554. The number of nitrogens with two attached hydrogens (primary N) is 1. The normalized spacial score (nSPS) is 15.4. The van der Waals surface area contributed by atoms with Gasteiger partial charge in [0.2, 0.25) is 17.8 Å². The predicted octanol–water partition coefficient (Wildman–Crippen LogP) is 3.01. The molecule has 2 rings (SSSR count). The van der Waals surface area contributed by atoms with Crippen LogP contribution in [0.4, 0.5) is 17.8 Å². The van der Waals surface area contributed by atoms with Gasteiger partial charge in [-0.1, -0.05) is 45.4 Å². The average molecular weight is 424 g/mol. The van der Waals surface area contributed by atoms with Crippen LogP contribution in [0, 0.1) is 0 Å². The number of rotatable bonds is 15. The van der Waals surface area contributed by atoms with E-state index in [-0.39, 0.29) is 0 Å². The second-order valence-corrected chi connectivity index (χ2v) is 7.71. The molecule has 0 atom stereocenters. The fourth-order valence-corrected chi connectivity index (χ4v) is 3.40. The molecule has 172 valence electrons. The Balaban J connectivity index is 1.86. The van der Waals surface area contributed by atoms with Gasteiger partial charge in [0.1, 0.15) is 0 Å². The maximum atomic E-state index is 5.56.